The highest BCUT2D eigenvalue weighted by atomic mass is 16.7. The normalized spacial score (nSPS) is 48.6. The molecule has 1 saturated heterocycles. The van der Waals surface area contributed by atoms with Crippen LogP contribution in [0.3, 0.4) is 0 Å². The Bertz CT molecular complexity index is 937. The van der Waals surface area contributed by atoms with Gasteiger partial charge in [0.25, 0.3) is 0 Å². The summed E-state index contributed by atoms with van der Waals surface area (Å²) in [6.45, 7) is 9.01. The highest BCUT2D eigenvalue weighted by Crippen LogP contribution is 2.82. The third-order valence-corrected chi connectivity index (χ3v) is 10.9. The molecule has 3 saturated carbocycles. The van der Waals surface area contributed by atoms with E-state index in [2.05, 4.69) is 18.3 Å². The maximum absolute atomic E-state index is 13.6. The molecule has 1 unspecified atom stereocenters. The molecule has 0 aromatic carbocycles. The molecule has 5 aliphatic rings. The van der Waals surface area contributed by atoms with Gasteiger partial charge in [-0.3, -0.25) is 10.1 Å². The van der Waals surface area contributed by atoms with Crippen LogP contribution in [0.5, 0.6) is 0 Å². The maximum atomic E-state index is 13.6. The lowest BCUT2D eigenvalue weighted by Crippen LogP contribution is -2.64. The zero-order chi connectivity index (χ0) is 26.8. The van der Waals surface area contributed by atoms with Gasteiger partial charge in [0.15, 0.2) is 12.5 Å². The number of rotatable bonds is 9. The van der Waals surface area contributed by atoms with Crippen molar-refractivity contribution in [3.05, 3.63) is 11.6 Å². The van der Waals surface area contributed by atoms with Crippen molar-refractivity contribution in [1.29, 1.82) is 0 Å². The lowest BCUT2D eigenvalue weighted by Gasteiger charge is -2.58. The first kappa shape index (κ1) is 27.3. The highest BCUT2D eigenvalue weighted by Gasteiger charge is 2.84. The zero-order valence-corrected chi connectivity index (χ0v) is 22.9. The summed E-state index contributed by atoms with van der Waals surface area (Å²) in [6, 6.07) is 0.0245. The van der Waals surface area contributed by atoms with E-state index in [1.54, 1.807) is 7.11 Å². The summed E-state index contributed by atoms with van der Waals surface area (Å²) < 4.78 is 17.8. The average Bonchev–Trinajstić information content (AvgIpc) is 3.37. The largest absolute Gasteiger partial charge is 0.481 e. The van der Waals surface area contributed by atoms with Crippen LogP contribution in [-0.2, 0) is 23.8 Å². The van der Waals surface area contributed by atoms with Crippen LogP contribution >= 0.6 is 0 Å². The fraction of sp³-hybridized carbons (Fsp3) is 0.862. The van der Waals surface area contributed by atoms with Crippen LogP contribution in [0, 0.1) is 45.8 Å². The van der Waals surface area contributed by atoms with Gasteiger partial charge in [0.05, 0.1) is 18.1 Å². The van der Waals surface area contributed by atoms with E-state index in [1.807, 2.05) is 20.8 Å². The molecule has 3 N–H and O–H groups in total. The number of nitrogens with one attached hydrogen (secondary N) is 1. The molecule has 4 fully saturated rings. The summed E-state index contributed by atoms with van der Waals surface area (Å²) in [5, 5.41) is 25.3. The Morgan fingerprint density at radius 2 is 2.05 bits per heavy atom. The van der Waals surface area contributed by atoms with Crippen LogP contribution in [0.4, 0.5) is 0 Å². The summed E-state index contributed by atoms with van der Waals surface area (Å²) in [5.74, 6) is -0.112. The van der Waals surface area contributed by atoms with Crippen molar-refractivity contribution in [3.8, 4) is 0 Å². The number of allylic oxidation sites excluding steroid dienone is 1. The van der Waals surface area contributed by atoms with Gasteiger partial charge in [0.2, 0.25) is 0 Å². The second-order valence-corrected chi connectivity index (χ2v) is 12.9. The van der Waals surface area contributed by atoms with Gasteiger partial charge in [-0.05, 0) is 68.6 Å². The van der Waals surface area contributed by atoms with Crippen molar-refractivity contribution in [2.75, 3.05) is 20.3 Å². The smallest absolute Gasteiger partial charge is 0.315 e. The van der Waals surface area contributed by atoms with Crippen LogP contribution < -0.4 is 5.32 Å². The van der Waals surface area contributed by atoms with E-state index in [9.17, 15) is 19.8 Å². The van der Waals surface area contributed by atoms with E-state index in [4.69, 9.17) is 14.2 Å². The number of aliphatic hydroxyl groups is 1. The fourth-order valence-corrected chi connectivity index (χ4v) is 9.60. The summed E-state index contributed by atoms with van der Waals surface area (Å²) in [5.41, 5.74) is -2.07. The lowest BCUT2D eigenvalue weighted by atomic mass is 9.43. The number of aldehydes is 1. The van der Waals surface area contributed by atoms with E-state index in [-0.39, 0.29) is 36.5 Å². The first-order valence-electron chi connectivity index (χ1n) is 14.2. The first-order chi connectivity index (χ1) is 17.6. The van der Waals surface area contributed by atoms with Crippen LogP contribution in [0.2, 0.25) is 0 Å². The van der Waals surface area contributed by atoms with Gasteiger partial charge < -0.3 is 29.2 Å². The van der Waals surface area contributed by atoms with Gasteiger partial charge in [-0.1, -0.05) is 38.8 Å². The average molecular weight is 520 g/mol. The van der Waals surface area contributed by atoms with Gasteiger partial charge in [0, 0.05) is 25.2 Å². The summed E-state index contributed by atoms with van der Waals surface area (Å²) in [4.78, 5) is 26.7. The molecule has 37 heavy (non-hydrogen) atoms. The summed E-state index contributed by atoms with van der Waals surface area (Å²) in [6.07, 6.45) is 5.76. The number of hydrogen-bond acceptors (Lipinski definition) is 7. The molecular formula is C29H45NO7. The minimum Gasteiger partial charge on any atom is -0.481 e. The third-order valence-electron chi connectivity index (χ3n) is 10.9. The highest BCUT2D eigenvalue weighted by molar-refractivity contribution is 5.90. The monoisotopic (exact) mass is 519 g/mol. The zero-order valence-electron chi connectivity index (χ0n) is 22.9. The summed E-state index contributed by atoms with van der Waals surface area (Å²) >= 11 is 0. The Morgan fingerprint density at radius 1 is 1.30 bits per heavy atom. The quantitative estimate of drug-likeness (QED) is 0.314. The molecule has 5 rings (SSSR count). The van der Waals surface area contributed by atoms with E-state index in [1.165, 1.54) is 0 Å². The molecule has 1 aliphatic heterocycles. The number of aliphatic carboxylic acids is 1. The van der Waals surface area contributed by atoms with Gasteiger partial charge in [0.1, 0.15) is 11.7 Å². The topological polar surface area (TPSA) is 114 Å². The molecule has 11 atom stereocenters. The summed E-state index contributed by atoms with van der Waals surface area (Å²) in [7, 11) is 1.66. The predicted octanol–water partition coefficient (Wildman–Crippen LogP) is 3.38. The van der Waals surface area contributed by atoms with Gasteiger partial charge in [-0.25, -0.2) is 0 Å². The van der Waals surface area contributed by atoms with E-state index in [0.717, 1.165) is 37.5 Å². The first-order valence-corrected chi connectivity index (χ1v) is 14.2. The molecule has 4 bridgehead atoms. The Morgan fingerprint density at radius 3 is 2.70 bits per heavy atom. The standard InChI is InChI=1S/C29H45NO7/c1-16(2)23-11-19-12-27(14-31)22-7-6-17(3)21(22)13-28(19,29(23,27)26(33)34)15-36-25-24(32)30-20(8-9-35-5)10-18(4)37-25/h11,14,16-22,24-25,30,32H,6-10,12-13,15H2,1-5H3,(H,33,34)/t17-,18-,19+,20?,21-,22-,24-,25-,27+,28+,29+/m1/s1. The van der Waals surface area contributed by atoms with Crippen molar-refractivity contribution in [2.45, 2.75) is 90.9 Å². The predicted molar refractivity (Wildman–Crippen MR) is 136 cm³/mol. The lowest BCUT2D eigenvalue weighted by molar-refractivity contribution is -0.240. The van der Waals surface area contributed by atoms with Crippen molar-refractivity contribution >= 4 is 12.3 Å². The van der Waals surface area contributed by atoms with Gasteiger partial charge in [-0.2, -0.15) is 0 Å². The van der Waals surface area contributed by atoms with Crippen LogP contribution in [-0.4, -0.2) is 67.5 Å². The van der Waals surface area contributed by atoms with Gasteiger partial charge in [-0.15, -0.1) is 0 Å². The molecule has 0 aromatic heterocycles. The van der Waals surface area contributed by atoms with E-state index in [0.29, 0.717) is 31.3 Å². The Labute approximate surface area is 220 Å². The molecule has 8 nitrogen and oxygen atoms in total. The molecule has 8 heteroatoms. The molecule has 208 valence electrons. The number of carbonyl (C=O) groups excluding carboxylic acids is 1. The van der Waals surface area contributed by atoms with Crippen molar-refractivity contribution in [3.63, 3.8) is 0 Å². The number of ether oxygens (including phenoxy) is 3. The Hall–Kier alpha value is -1.32. The van der Waals surface area contributed by atoms with Gasteiger partial charge >= 0.3 is 5.97 Å². The van der Waals surface area contributed by atoms with Crippen LogP contribution in [0.1, 0.15) is 66.2 Å². The second-order valence-electron chi connectivity index (χ2n) is 12.9. The minimum absolute atomic E-state index is 0.0124. The Kier molecular flexibility index (Phi) is 7.15. The number of carboxylic acids is 1. The fourth-order valence-electron chi connectivity index (χ4n) is 9.60. The number of carboxylic acid groups (broad SMARTS) is 1. The molecule has 4 aliphatic carbocycles. The maximum Gasteiger partial charge on any atom is 0.315 e. The van der Waals surface area contributed by atoms with E-state index >= 15 is 0 Å². The third kappa shape index (κ3) is 3.65. The Balaban J connectivity index is 1.50. The number of carbonyl (C=O) groups is 2. The van der Waals surface area contributed by atoms with Crippen molar-refractivity contribution < 1.29 is 34.0 Å². The van der Waals surface area contributed by atoms with Crippen LogP contribution in [0.15, 0.2) is 11.6 Å². The number of methoxy groups -OCH3 is 1. The molecule has 0 aromatic rings. The number of aliphatic hydroxyl groups excluding tert-OH is 1. The molecule has 0 spiro atoms. The van der Waals surface area contributed by atoms with Crippen LogP contribution in [0.25, 0.3) is 0 Å². The van der Waals surface area contributed by atoms with Crippen molar-refractivity contribution in [2.24, 2.45) is 45.8 Å². The molecule has 1 heterocycles. The number of hydrogen-bond donors (Lipinski definition) is 3. The molecular weight excluding hydrogens is 474 g/mol. The second kappa shape index (κ2) is 9.70. The number of fused-ring (bicyclic) bond motifs is 2. The molecule has 0 amide bonds. The molecule has 0 radical (unpaired) electrons. The van der Waals surface area contributed by atoms with Crippen molar-refractivity contribution in [1.82, 2.24) is 5.32 Å². The SMILES string of the molecule is COCCC1C[C@@H](C)O[C@@H](OC[C@@]23C[C@@H]4[C@H](C)CC[C@H]4[C@@]4(C=O)C[C@@H]2C=C(C(C)C)[C@@]34C(=O)O)[C@@H](O)N1. The minimum atomic E-state index is -1.29. The van der Waals surface area contributed by atoms with E-state index < -0.39 is 34.7 Å².